The number of hydrogen-bond donors (Lipinski definition) is 1. The van der Waals surface area contributed by atoms with E-state index in [1.165, 1.54) is 37.7 Å². The van der Waals surface area contributed by atoms with Crippen LogP contribution in [0.4, 0.5) is 0 Å². The Morgan fingerprint density at radius 3 is 2.72 bits per heavy atom. The van der Waals surface area contributed by atoms with Crippen molar-refractivity contribution < 1.29 is 0 Å². The van der Waals surface area contributed by atoms with Crippen molar-refractivity contribution in [3.05, 3.63) is 34.9 Å². The van der Waals surface area contributed by atoms with Gasteiger partial charge in [0.05, 0.1) is 0 Å². The van der Waals surface area contributed by atoms with Crippen molar-refractivity contribution >= 4 is 11.6 Å². The highest BCUT2D eigenvalue weighted by Gasteiger charge is 2.17. The molecule has 1 N–H and O–H groups in total. The maximum absolute atomic E-state index is 5.97. The van der Waals surface area contributed by atoms with E-state index in [0.29, 0.717) is 0 Å². The van der Waals surface area contributed by atoms with Gasteiger partial charge in [0.15, 0.2) is 0 Å². The zero-order valence-corrected chi connectivity index (χ0v) is 12.0. The van der Waals surface area contributed by atoms with Gasteiger partial charge < -0.3 is 5.32 Å². The van der Waals surface area contributed by atoms with E-state index in [0.717, 1.165) is 29.9 Å². The van der Waals surface area contributed by atoms with E-state index < -0.39 is 0 Å². The molecule has 1 aromatic rings. The Bertz CT molecular complexity index is 356. The Morgan fingerprint density at radius 1 is 1.22 bits per heavy atom. The summed E-state index contributed by atoms with van der Waals surface area (Å²) in [6.45, 7) is 4.45. The van der Waals surface area contributed by atoms with Crippen LogP contribution < -0.4 is 5.32 Å². The van der Waals surface area contributed by atoms with Crippen LogP contribution in [0.15, 0.2) is 24.3 Å². The van der Waals surface area contributed by atoms with Gasteiger partial charge in [-0.2, -0.15) is 0 Å². The Labute approximate surface area is 116 Å². The van der Waals surface area contributed by atoms with E-state index in [4.69, 9.17) is 11.6 Å². The fourth-order valence-electron chi connectivity index (χ4n) is 2.80. The van der Waals surface area contributed by atoms with Crippen molar-refractivity contribution in [3.8, 4) is 0 Å². The molecule has 1 aromatic carbocycles. The van der Waals surface area contributed by atoms with Gasteiger partial charge in [0.1, 0.15) is 0 Å². The maximum Gasteiger partial charge on any atom is 0.0409 e. The molecule has 0 amide bonds. The fourth-order valence-corrected chi connectivity index (χ4v) is 3.02. The standard InChI is InChI=1S/C16H24ClN/c1-13-5-7-14(8-6-13)9-10-18-12-15-3-2-4-16(17)11-15/h2-4,11,13-14,18H,5-10,12H2,1H3. The van der Waals surface area contributed by atoms with Gasteiger partial charge in [-0.1, -0.05) is 56.3 Å². The van der Waals surface area contributed by atoms with Crippen LogP contribution in [0, 0.1) is 11.8 Å². The third kappa shape index (κ3) is 4.62. The molecule has 2 heteroatoms. The van der Waals surface area contributed by atoms with E-state index in [9.17, 15) is 0 Å². The van der Waals surface area contributed by atoms with Crippen LogP contribution in [0.2, 0.25) is 5.02 Å². The number of halogens is 1. The van der Waals surface area contributed by atoms with E-state index in [-0.39, 0.29) is 0 Å². The molecule has 18 heavy (non-hydrogen) atoms. The fraction of sp³-hybridized carbons (Fsp3) is 0.625. The Kier molecular flexibility index (Phi) is 5.52. The predicted molar refractivity (Wildman–Crippen MR) is 78.9 cm³/mol. The second-order valence-electron chi connectivity index (χ2n) is 5.72. The summed E-state index contributed by atoms with van der Waals surface area (Å²) in [5.41, 5.74) is 1.28. The molecule has 0 bridgehead atoms. The summed E-state index contributed by atoms with van der Waals surface area (Å²) in [6, 6.07) is 8.11. The summed E-state index contributed by atoms with van der Waals surface area (Å²) >= 11 is 5.97. The minimum Gasteiger partial charge on any atom is -0.313 e. The van der Waals surface area contributed by atoms with Crippen LogP contribution in [0.1, 0.15) is 44.6 Å². The molecule has 0 unspecified atom stereocenters. The first-order chi connectivity index (χ1) is 8.74. The summed E-state index contributed by atoms with van der Waals surface area (Å²) in [7, 11) is 0. The molecule has 0 saturated heterocycles. The first-order valence-corrected chi connectivity index (χ1v) is 7.57. The lowest BCUT2D eigenvalue weighted by Crippen LogP contribution is -2.20. The Morgan fingerprint density at radius 2 is 2.00 bits per heavy atom. The normalized spacial score (nSPS) is 24.1. The average Bonchev–Trinajstić information content (AvgIpc) is 2.37. The SMILES string of the molecule is CC1CCC(CCNCc2cccc(Cl)c2)CC1. The van der Waals surface area contributed by atoms with Crippen molar-refractivity contribution in [1.29, 1.82) is 0 Å². The molecule has 0 spiro atoms. The summed E-state index contributed by atoms with van der Waals surface area (Å²) < 4.78 is 0. The van der Waals surface area contributed by atoms with Crippen molar-refractivity contribution in [2.45, 2.75) is 45.6 Å². The number of nitrogens with one attached hydrogen (secondary N) is 1. The predicted octanol–water partition coefficient (Wildman–Crippen LogP) is 4.65. The van der Waals surface area contributed by atoms with Gasteiger partial charge in [-0.15, -0.1) is 0 Å². The molecular formula is C16H24ClN. The monoisotopic (exact) mass is 265 g/mol. The molecule has 0 aromatic heterocycles. The highest BCUT2D eigenvalue weighted by molar-refractivity contribution is 6.30. The summed E-state index contributed by atoms with van der Waals surface area (Å²) in [5, 5.41) is 4.36. The molecule has 1 aliphatic rings. The van der Waals surface area contributed by atoms with Crippen LogP contribution >= 0.6 is 11.6 Å². The highest BCUT2D eigenvalue weighted by Crippen LogP contribution is 2.29. The number of benzene rings is 1. The average molecular weight is 266 g/mol. The highest BCUT2D eigenvalue weighted by atomic mass is 35.5. The van der Waals surface area contributed by atoms with Crippen molar-refractivity contribution in [3.63, 3.8) is 0 Å². The van der Waals surface area contributed by atoms with E-state index in [1.807, 2.05) is 18.2 Å². The second-order valence-corrected chi connectivity index (χ2v) is 6.16. The molecule has 1 saturated carbocycles. The number of rotatable bonds is 5. The lowest BCUT2D eigenvalue weighted by Gasteiger charge is -2.26. The molecule has 0 radical (unpaired) electrons. The molecular weight excluding hydrogens is 242 g/mol. The van der Waals surface area contributed by atoms with Gasteiger partial charge in [0.25, 0.3) is 0 Å². The summed E-state index contributed by atoms with van der Waals surface area (Å²) in [6.07, 6.45) is 7.05. The van der Waals surface area contributed by atoms with Crippen LogP contribution in [-0.4, -0.2) is 6.54 Å². The van der Waals surface area contributed by atoms with E-state index in [2.05, 4.69) is 18.3 Å². The minimum atomic E-state index is 0.829. The minimum absolute atomic E-state index is 0.829. The smallest absolute Gasteiger partial charge is 0.0409 e. The Hall–Kier alpha value is -0.530. The first kappa shape index (κ1) is 13.9. The van der Waals surface area contributed by atoms with Gasteiger partial charge >= 0.3 is 0 Å². The summed E-state index contributed by atoms with van der Waals surface area (Å²) in [4.78, 5) is 0. The van der Waals surface area contributed by atoms with Gasteiger partial charge in [-0.05, 0) is 42.5 Å². The molecule has 100 valence electrons. The maximum atomic E-state index is 5.97. The van der Waals surface area contributed by atoms with Crippen LogP contribution in [0.25, 0.3) is 0 Å². The quantitative estimate of drug-likeness (QED) is 0.765. The van der Waals surface area contributed by atoms with E-state index in [1.54, 1.807) is 0 Å². The van der Waals surface area contributed by atoms with Gasteiger partial charge in [0, 0.05) is 11.6 Å². The van der Waals surface area contributed by atoms with Gasteiger partial charge in [-0.25, -0.2) is 0 Å². The lowest BCUT2D eigenvalue weighted by molar-refractivity contribution is 0.275. The van der Waals surface area contributed by atoms with Gasteiger partial charge in [0.2, 0.25) is 0 Å². The van der Waals surface area contributed by atoms with Gasteiger partial charge in [-0.3, -0.25) is 0 Å². The molecule has 1 nitrogen and oxygen atoms in total. The van der Waals surface area contributed by atoms with Crippen LogP contribution in [0.3, 0.4) is 0 Å². The summed E-state index contributed by atoms with van der Waals surface area (Å²) in [5.74, 6) is 1.91. The molecule has 0 atom stereocenters. The van der Waals surface area contributed by atoms with Crippen molar-refractivity contribution in [1.82, 2.24) is 5.32 Å². The zero-order chi connectivity index (χ0) is 12.8. The molecule has 0 heterocycles. The third-order valence-corrected chi connectivity index (χ3v) is 4.32. The number of hydrogen-bond acceptors (Lipinski definition) is 1. The van der Waals surface area contributed by atoms with Crippen LogP contribution in [0.5, 0.6) is 0 Å². The second kappa shape index (κ2) is 7.16. The van der Waals surface area contributed by atoms with Crippen molar-refractivity contribution in [2.24, 2.45) is 11.8 Å². The third-order valence-electron chi connectivity index (χ3n) is 4.08. The molecule has 1 aliphatic carbocycles. The van der Waals surface area contributed by atoms with E-state index >= 15 is 0 Å². The zero-order valence-electron chi connectivity index (χ0n) is 11.3. The molecule has 2 rings (SSSR count). The topological polar surface area (TPSA) is 12.0 Å². The molecule has 1 fully saturated rings. The molecule has 0 aliphatic heterocycles. The van der Waals surface area contributed by atoms with Crippen molar-refractivity contribution in [2.75, 3.05) is 6.54 Å². The largest absolute Gasteiger partial charge is 0.313 e. The Balaban J connectivity index is 1.61. The lowest BCUT2D eigenvalue weighted by atomic mass is 9.81. The first-order valence-electron chi connectivity index (χ1n) is 7.19. The van der Waals surface area contributed by atoms with Crippen LogP contribution in [-0.2, 0) is 6.54 Å².